The van der Waals surface area contributed by atoms with Gasteiger partial charge in [-0.1, -0.05) is 80.9 Å². The van der Waals surface area contributed by atoms with E-state index in [9.17, 15) is 24.0 Å². The molecule has 41 heavy (non-hydrogen) atoms. The number of allylic oxidation sites excluding steroid dienone is 1. The zero-order valence-electron chi connectivity index (χ0n) is 27.9. The average Bonchev–Trinajstić information content (AvgIpc) is 2.90. The molecule has 0 aliphatic rings. The first kappa shape index (κ1) is 42.7. The van der Waals surface area contributed by atoms with Crippen molar-refractivity contribution in [2.75, 3.05) is 20.7 Å². The number of nitrogens with one attached hydrogen (secondary N) is 2. The quantitative estimate of drug-likeness (QED) is 0.156. The Morgan fingerprint density at radius 1 is 0.927 bits per heavy atom. The van der Waals surface area contributed by atoms with Gasteiger partial charge in [-0.2, -0.15) is 0 Å². The SMILES string of the molecule is CC.CCC.CN[C@@H](CC(C)C)C(=O)N[C@H](C(=O)N(C)C(C=O)[C@H](OC(C)=O)[C@H](C)C/C=C/COC(C)=O)C(C)C. The fourth-order valence-electron chi connectivity index (χ4n) is 3.74. The maximum Gasteiger partial charge on any atom is 0.302 e. The predicted molar refractivity (Wildman–Crippen MR) is 164 cm³/mol. The lowest BCUT2D eigenvalue weighted by molar-refractivity contribution is -0.158. The highest BCUT2D eigenvalue weighted by molar-refractivity contribution is 5.91. The molecule has 0 bridgehead atoms. The predicted octanol–water partition coefficient (Wildman–Crippen LogP) is 4.31. The van der Waals surface area contributed by atoms with Crippen LogP contribution in [0.3, 0.4) is 0 Å². The van der Waals surface area contributed by atoms with Gasteiger partial charge < -0.3 is 29.8 Å². The highest BCUT2D eigenvalue weighted by atomic mass is 16.5. The first-order valence-corrected chi connectivity index (χ1v) is 14.8. The van der Waals surface area contributed by atoms with Gasteiger partial charge in [0.05, 0.1) is 6.04 Å². The summed E-state index contributed by atoms with van der Waals surface area (Å²) >= 11 is 0. The number of nitrogens with zero attached hydrogens (tertiary/aromatic N) is 1. The number of ether oxygens (including phenoxy) is 2. The number of likely N-dealkylation sites (N-methyl/N-ethyl adjacent to an activating group) is 2. The number of hydrogen-bond acceptors (Lipinski definition) is 8. The van der Waals surface area contributed by atoms with E-state index in [0.717, 1.165) is 0 Å². The van der Waals surface area contributed by atoms with E-state index < -0.39 is 42.1 Å². The Kier molecular flexibility index (Phi) is 26.0. The number of rotatable bonds is 16. The summed E-state index contributed by atoms with van der Waals surface area (Å²) in [6.07, 6.45) is 5.35. The highest BCUT2D eigenvalue weighted by Gasteiger charge is 2.38. The van der Waals surface area contributed by atoms with E-state index in [2.05, 4.69) is 24.5 Å². The van der Waals surface area contributed by atoms with Crippen LogP contribution >= 0.6 is 0 Å². The van der Waals surface area contributed by atoms with E-state index >= 15 is 0 Å². The Hall–Kier alpha value is -2.75. The summed E-state index contributed by atoms with van der Waals surface area (Å²) in [4.78, 5) is 62.4. The van der Waals surface area contributed by atoms with E-state index in [1.807, 2.05) is 41.5 Å². The topological polar surface area (TPSA) is 131 Å². The molecule has 0 aromatic rings. The van der Waals surface area contributed by atoms with Crippen molar-refractivity contribution in [1.29, 1.82) is 0 Å². The molecule has 0 aromatic heterocycles. The van der Waals surface area contributed by atoms with Crippen molar-refractivity contribution in [3.05, 3.63) is 12.2 Å². The summed E-state index contributed by atoms with van der Waals surface area (Å²) in [5, 5.41) is 5.81. The Balaban J connectivity index is -0.00000269. The highest BCUT2D eigenvalue weighted by Crippen LogP contribution is 2.21. The summed E-state index contributed by atoms with van der Waals surface area (Å²) in [6.45, 7) is 20.3. The van der Waals surface area contributed by atoms with Crippen molar-refractivity contribution < 1.29 is 33.4 Å². The second kappa shape index (κ2) is 25.0. The zero-order valence-corrected chi connectivity index (χ0v) is 27.9. The molecular formula is C31H59N3O7. The van der Waals surface area contributed by atoms with E-state index in [4.69, 9.17) is 9.47 Å². The van der Waals surface area contributed by atoms with Crippen molar-refractivity contribution in [2.24, 2.45) is 17.8 Å². The number of carbonyl (C=O) groups is 5. The lowest BCUT2D eigenvalue weighted by atomic mass is 9.93. The van der Waals surface area contributed by atoms with Crippen LogP contribution in [0.2, 0.25) is 0 Å². The molecule has 0 rings (SSSR count). The molecule has 2 N–H and O–H groups in total. The average molecular weight is 586 g/mol. The second-order valence-electron chi connectivity index (χ2n) is 10.5. The van der Waals surface area contributed by atoms with Gasteiger partial charge in [0.2, 0.25) is 11.8 Å². The Bertz CT molecular complexity index is 784. The van der Waals surface area contributed by atoms with Gasteiger partial charge in [0.15, 0.2) is 0 Å². The van der Waals surface area contributed by atoms with E-state index in [-0.39, 0.29) is 30.3 Å². The normalized spacial score (nSPS) is 14.3. The molecule has 240 valence electrons. The lowest BCUT2D eigenvalue weighted by Gasteiger charge is -2.36. The molecule has 0 saturated heterocycles. The van der Waals surface area contributed by atoms with Crippen molar-refractivity contribution in [3.63, 3.8) is 0 Å². The minimum absolute atomic E-state index is 0.107. The van der Waals surface area contributed by atoms with Crippen LogP contribution in [0.5, 0.6) is 0 Å². The fourth-order valence-corrected chi connectivity index (χ4v) is 3.74. The van der Waals surface area contributed by atoms with E-state index in [0.29, 0.717) is 19.1 Å². The third-order valence-corrected chi connectivity index (χ3v) is 5.79. The minimum Gasteiger partial charge on any atom is -0.462 e. The van der Waals surface area contributed by atoms with Crippen LogP contribution in [-0.2, 0) is 33.4 Å². The number of hydrogen-bond donors (Lipinski definition) is 2. The zero-order chi connectivity index (χ0) is 32.7. The standard InChI is InChI=1S/C26H45N3O7.C3H8.C2H6/c1-16(2)14-21(27-8)25(33)28-23(17(3)4)26(34)29(9)22(15-30)24(36-20(7)32)18(5)12-10-11-13-35-19(6)31;1-3-2;1-2/h10-11,15-18,21-24,27H,12-14H2,1-9H3,(H,28,33);3H2,1-2H3;1-2H3/b11-10+;;/t18-,21+,22?,23+,24-;;/m1../s1. The van der Waals surface area contributed by atoms with Crippen LogP contribution in [0.25, 0.3) is 0 Å². The summed E-state index contributed by atoms with van der Waals surface area (Å²) < 4.78 is 10.3. The molecule has 0 aromatic carbocycles. The van der Waals surface area contributed by atoms with Gasteiger partial charge in [0, 0.05) is 20.9 Å². The molecule has 0 fully saturated rings. The molecule has 5 atom stereocenters. The van der Waals surface area contributed by atoms with Crippen LogP contribution in [0.4, 0.5) is 0 Å². The molecule has 0 spiro atoms. The largest absolute Gasteiger partial charge is 0.462 e. The van der Waals surface area contributed by atoms with Crippen molar-refractivity contribution in [2.45, 2.75) is 120 Å². The summed E-state index contributed by atoms with van der Waals surface area (Å²) in [5.74, 6) is -2.04. The van der Waals surface area contributed by atoms with E-state index in [1.165, 1.54) is 32.2 Å². The van der Waals surface area contributed by atoms with Crippen LogP contribution in [0.1, 0.15) is 95.4 Å². The third kappa shape index (κ3) is 19.1. The molecule has 1 unspecified atom stereocenters. The maximum absolute atomic E-state index is 13.5. The molecule has 0 heterocycles. The first-order valence-electron chi connectivity index (χ1n) is 14.8. The van der Waals surface area contributed by atoms with Crippen molar-refractivity contribution in [3.8, 4) is 0 Å². The maximum atomic E-state index is 13.5. The molecule has 0 radical (unpaired) electrons. The number of amides is 2. The van der Waals surface area contributed by atoms with Crippen molar-refractivity contribution >= 4 is 30.0 Å². The van der Waals surface area contributed by atoms with Gasteiger partial charge in [-0.3, -0.25) is 19.2 Å². The van der Waals surface area contributed by atoms with Crippen LogP contribution < -0.4 is 10.6 Å². The van der Waals surface area contributed by atoms with Gasteiger partial charge in [0.25, 0.3) is 0 Å². The van der Waals surface area contributed by atoms with Gasteiger partial charge in [0.1, 0.15) is 31.1 Å². The monoisotopic (exact) mass is 585 g/mol. The van der Waals surface area contributed by atoms with E-state index in [1.54, 1.807) is 26.1 Å². The molecule has 0 saturated carbocycles. The molecule has 2 amide bonds. The third-order valence-electron chi connectivity index (χ3n) is 5.79. The van der Waals surface area contributed by atoms with Gasteiger partial charge in [-0.05, 0) is 37.6 Å². The summed E-state index contributed by atoms with van der Waals surface area (Å²) in [5.41, 5.74) is 0. The molecule has 0 aliphatic heterocycles. The summed E-state index contributed by atoms with van der Waals surface area (Å²) in [6, 6.07) is -2.39. The first-order chi connectivity index (χ1) is 19.2. The van der Waals surface area contributed by atoms with Gasteiger partial charge >= 0.3 is 11.9 Å². The summed E-state index contributed by atoms with van der Waals surface area (Å²) in [7, 11) is 3.16. The Morgan fingerprint density at radius 3 is 1.85 bits per heavy atom. The Labute approximate surface area is 249 Å². The van der Waals surface area contributed by atoms with Crippen LogP contribution in [0.15, 0.2) is 12.2 Å². The molecular weight excluding hydrogens is 526 g/mol. The number of aldehydes is 1. The molecule has 0 aliphatic carbocycles. The van der Waals surface area contributed by atoms with Gasteiger partial charge in [-0.25, -0.2) is 0 Å². The fraction of sp³-hybridized carbons (Fsp3) is 0.774. The van der Waals surface area contributed by atoms with Crippen LogP contribution in [0, 0.1) is 17.8 Å². The molecule has 10 nitrogen and oxygen atoms in total. The smallest absolute Gasteiger partial charge is 0.302 e. The minimum atomic E-state index is -1.06. The lowest BCUT2D eigenvalue weighted by Crippen LogP contribution is -2.58. The molecule has 10 heteroatoms. The van der Waals surface area contributed by atoms with Crippen molar-refractivity contribution in [1.82, 2.24) is 15.5 Å². The number of carbonyl (C=O) groups excluding carboxylic acids is 5. The van der Waals surface area contributed by atoms with Crippen LogP contribution in [-0.4, -0.2) is 79.9 Å². The second-order valence-corrected chi connectivity index (χ2v) is 10.5. The number of esters is 2. The van der Waals surface area contributed by atoms with Gasteiger partial charge in [-0.15, -0.1) is 0 Å². The Morgan fingerprint density at radius 2 is 1.46 bits per heavy atom.